The van der Waals surface area contributed by atoms with Crippen LogP contribution in [-0.4, -0.2) is 40.0 Å². The number of halogens is 1. The number of H-pyrrole nitrogens is 1. The van der Waals surface area contributed by atoms with Gasteiger partial charge in [-0.3, -0.25) is 24.0 Å². The smallest absolute Gasteiger partial charge is 0.330 e. The van der Waals surface area contributed by atoms with Gasteiger partial charge < -0.3 is 10.6 Å². The Morgan fingerprint density at radius 2 is 1.97 bits per heavy atom. The molecular formula is C23H26ClN5O3S. The fourth-order valence-corrected chi connectivity index (χ4v) is 4.65. The van der Waals surface area contributed by atoms with Gasteiger partial charge in [0.05, 0.1) is 17.4 Å². The first-order valence-electron chi connectivity index (χ1n) is 10.4. The zero-order valence-corrected chi connectivity index (χ0v) is 19.9. The van der Waals surface area contributed by atoms with Gasteiger partial charge in [0.1, 0.15) is 5.82 Å². The average Bonchev–Trinajstić information content (AvgIpc) is 3.19. The van der Waals surface area contributed by atoms with Gasteiger partial charge >= 0.3 is 5.69 Å². The molecule has 1 aromatic carbocycles. The molecule has 0 aliphatic carbocycles. The lowest BCUT2D eigenvalue weighted by atomic mass is 10.2. The van der Waals surface area contributed by atoms with Crippen LogP contribution in [0.1, 0.15) is 17.4 Å². The molecule has 0 atom stereocenters. The Labute approximate surface area is 200 Å². The van der Waals surface area contributed by atoms with Crippen molar-refractivity contribution in [2.75, 3.05) is 30.3 Å². The number of nitrogens with two attached hydrogens (primary N) is 1. The number of aromatic nitrogens is 2. The molecule has 0 radical (unpaired) electrons. The molecule has 8 nitrogen and oxygen atoms in total. The van der Waals surface area contributed by atoms with E-state index < -0.39 is 11.2 Å². The molecule has 174 valence electrons. The number of carbonyl (C=O) groups excluding carboxylic acids is 1. The van der Waals surface area contributed by atoms with Crippen LogP contribution >= 0.6 is 22.9 Å². The molecule has 3 rings (SSSR count). The van der Waals surface area contributed by atoms with E-state index in [1.165, 1.54) is 20.8 Å². The monoisotopic (exact) mass is 487 g/mol. The predicted octanol–water partition coefficient (Wildman–Crippen LogP) is 2.92. The van der Waals surface area contributed by atoms with Gasteiger partial charge in [-0.15, -0.1) is 17.9 Å². The van der Waals surface area contributed by atoms with Crippen molar-refractivity contribution < 1.29 is 4.79 Å². The second-order valence-corrected chi connectivity index (χ2v) is 9.17. The predicted molar refractivity (Wildman–Crippen MR) is 134 cm³/mol. The summed E-state index contributed by atoms with van der Waals surface area (Å²) < 4.78 is 1.93. The molecule has 0 spiro atoms. The number of amides is 1. The Morgan fingerprint density at radius 3 is 2.58 bits per heavy atom. The lowest BCUT2D eigenvalue weighted by molar-refractivity contribution is -0.119. The van der Waals surface area contributed by atoms with Gasteiger partial charge in [-0.1, -0.05) is 48.0 Å². The Morgan fingerprint density at radius 1 is 1.24 bits per heavy atom. The van der Waals surface area contributed by atoms with Gasteiger partial charge in [-0.05, 0) is 24.6 Å². The first-order chi connectivity index (χ1) is 15.8. The van der Waals surface area contributed by atoms with Crippen LogP contribution in [0.25, 0.3) is 0 Å². The number of anilines is 2. The average molecular weight is 488 g/mol. The summed E-state index contributed by atoms with van der Waals surface area (Å²) >= 11 is 7.47. The third-order valence-corrected chi connectivity index (χ3v) is 6.26. The van der Waals surface area contributed by atoms with Gasteiger partial charge in [0, 0.05) is 24.5 Å². The molecular weight excluding hydrogens is 462 g/mol. The van der Waals surface area contributed by atoms with Crippen molar-refractivity contribution in [2.24, 2.45) is 0 Å². The van der Waals surface area contributed by atoms with Crippen LogP contribution in [0.5, 0.6) is 0 Å². The molecule has 2 aromatic heterocycles. The number of nitrogen functional groups attached to an aromatic ring is 1. The third kappa shape index (κ3) is 6.01. The van der Waals surface area contributed by atoms with Crippen molar-refractivity contribution in [3.8, 4) is 0 Å². The van der Waals surface area contributed by atoms with Crippen LogP contribution in [0.2, 0.25) is 4.34 Å². The molecule has 0 aliphatic heterocycles. The number of aromatic amines is 1. The summed E-state index contributed by atoms with van der Waals surface area (Å²) in [7, 11) is 0. The van der Waals surface area contributed by atoms with Crippen LogP contribution in [0.4, 0.5) is 11.5 Å². The molecule has 0 saturated heterocycles. The number of hydrogen-bond acceptors (Lipinski definition) is 6. The molecule has 1 amide bonds. The second kappa shape index (κ2) is 11.1. The summed E-state index contributed by atoms with van der Waals surface area (Å²) in [6, 6.07) is 13.0. The maximum Gasteiger partial charge on any atom is 0.330 e. The fourth-order valence-electron chi connectivity index (χ4n) is 3.52. The molecule has 10 heteroatoms. The molecule has 33 heavy (non-hydrogen) atoms. The highest BCUT2D eigenvalue weighted by atomic mass is 35.5. The minimum atomic E-state index is -0.697. The van der Waals surface area contributed by atoms with Crippen LogP contribution in [0.3, 0.4) is 0 Å². The molecule has 0 saturated carbocycles. The molecule has 0 fully saturated rings. The maximum atomic E-state index is 13.2. The van der Waals surface area contributed by atoms with Gasteiger partial charge in [0.15, 0.2) is 5.69 Å². The Balaban J connectivity index is 1.89. The maximum absolute atomic E-state index is 13.2. The van der Waals surface area contributed by atoms with Gasteiger partial charge in [0.25, 0.3) is 5.56 Å². The largest absolute Gasteiger partial charge is 0.383 e. The summed E-state index contributed by atoms with van der Waals surface area (Å²) in [4.78, 5) is 44.9. The Hall–Kier alpha value is -3.14. The summed E-state index contributed by atoms with van der Waals surface area (Å²) in [5.74, 6) is -0.368. The summed E-state index contributed by atoms with van der Waals surface area (Å²) in [5, 5.41) is 0. The first-order valence-corrected chi connectivity index (χ1v) is 11.6. The molecule has 0 bridgehead atoms. The van der Waals surface area contributed by atoms with E-state index in [2.05, 4.69) is 11.6 Å². The zero-order chi connectivity index (χ0) is 24.0. The van der Waals surface area contributed by atoms with E-state index in [1.54, 1.807) is 13.0 Å². The highest BCUT2D eigenvalue weighted by Crippen LogP contribution is 2.23. The quantitative estimate of drug-likeness (QED) is 0.428. The Bertz CT molecular complexity index is 1230. The second-order valence-electron chi connectivity index (χ2n) is 7.37. The number of benzene rings is 1. The van der Waals surface area contributed by atoms with Gasteiger partial charge in [-0.25, -0.2) is 4.79 Å². The molecule has 0 unspecified atom stereocenters. The third-order valence-electron chi connectivity index (χ3n) is 5.04. The number of carbonyl (C=O) groups is 1. The number of thiophene rings is 1. The van der Waals surface area contributed by atoms with E-state index >= 15 is 0 Å². The molecule has 3 aromatic rings. The van der Waals surface area contributed by atoms with E-state index in [0.29, 0.717) is 17.4 Å². The van der Waals surface area contributed by atoms with Gasteiger partial charge in [-0.2, -0.15) is 0 Å². The van der Waals surface area contributed by atoms with E-state index in [9.17, 15) is 14.4 Å². The van der Waals surface area contributed by atoms with E-state index in [0.717, 1.165) is 10.4 Å². The van der Waals surface area contributed by atoms with Crippen molar-refractivity contribution in [1.82, 2.24) is 14.5 Å². The Kier molecular flexibility index (Phi) is 8.26. The number of nitrogens with zero attached hydrogens (tertiary/aromatic N) is 3. The highest BCUT2D eigenvalue weighted by molar-refractivity contribution is 7.16. The van der Waals surface area contributed by atoms with Crippen molar-refractivity contribution in [3.05, 3.63) is 90.7 Å². The normalized spacial score (nSPS) is 11.0. The number of hydrogen-bond donors (Lipinski definition) is 2. The molecule has 0 aliphatic rings. The van der Waals surface area contributed by atoms with Crippen molar-refractivity contribution in [2.45, 2.75) is 20.0 Å². The topological polar surface area (TPSA) is 104 Å². The fraction of sp³-hybridized carbons (Fsp3) is 0.261. The summed E-state index contributed by atoms with van der Waals surface area (Å²) in [6.07, 6.45) is 1.71. The molecule has 2 heterocycles. The number of nitrogens with one attached hydrogen (secondary N) is 1. The van der Waals surface area contributed by atoms with Crippen LogP contribution in [0, 0.1) is 0 Å². The SMILES string of the molecule is C=CCN(CC(=O)N(CC)c1c(N)n(Cc2ccccc2)c(=O)[nH]c1=O)Cc1ccc(Cl)s1. The summed E-state index contributed by atoms with van der Waals surface area (Å²) in [5.41, 5.74) is 5.75. The minimum absolute atomic E-state index is 0.0317. The van der Waals surface area contributed by atoms with E-state index in [4.69, 9.17) is 17.3 Å². The standard InChI is InChI=1S/C23H26ClN5O3S/c1-3-12-27(14-17-10-11-18(24)33-17)15-19(30)28(4-2)20-21(25)29(23(32)26-22(20)31)13-16-8-6-5-7-9-16/h3,5-11H,1,4,12-15,25H2,2H3,(H,26,31,32). The highest BCUT2D eigenvalue weighted by Gasteiger charge is 2.24. The van der Waals surface area contributed by atoms with Crippen molar-refractivity contribution in [1.29, 1.82) is 0 Å². The molecule has 3 N–H and O–H groups in total. The van der Waals surface area contributed by atoms with Crippen molar-refractivity contribution >= 4 is 40.4 Å². The zero-order valence-electron chi connectivity index (χ0n) is 18.3. The van der Waals surface area contributed by atoms with Crippen LogP contribution in [-0.2, 0) is 17.9 Å². The van der Waals surface area contributed by atoms with Gasteiger partial charge in [0.2, 0.25) is 5.91 Å². The number of rotatable bonds is 10. The van der Waals surface area contributed by atoms with Crippen LogP contribution < -0.4 is 21.9 Å². The lowest BCUT2D eigenvalue weighted by Gasteiger charge is -2.26. The first kappa shape index (κ1) is 24.5. The number of likely N-dealkylation sites (N-methyl/N-ethyl adjacent to an activating group) is 1. The van der Waals surface area contributed by atoms with Crippen LogP contribution in [0.15, 0.2) is 64.7 Å². The summed E-state index contributed by atoms with van der Waals surface area (Å²) in [6.45, 7) is 6.91. The minimum Gasteiger partial charge on any atom is -0.383 e. The lowest BCUT2D eigenvalue weighted by Crippen LogP contribution is -2.45. The van der Waals surface area contributed by atoms with E-state index in [1.807, 2.05) is 47.4 Å². The van der Waals surface area contributed by atoms with Crippen molar-refractivity contribution in [3.63, 3.8) is 0 Å². The van der Waals surface area contributed by atoms with E-state index in [-0.39, 0.29) is 37.0 Å².